The third-order valence-corrected chi connectivity index (χ3v) is 4.20. The predicted octanol–water partition coefficient (Wildman–Crippen LogP) is 4.15. The van der Waals surface area contributed by atoms with Crippen LogP contribution in [0, 0.1) is 0 Å². The Bertz CT molecular complexity index is 607. The number of rotatable bonds is 7. The molecule has 0 radical (unpaired) electrons. The smallest absolute Gasteiger partial charge is 0.254 e. The fourth-order valence-electron chi connectivity index (χ4n) is 2.66. The van der Waals surface area contributed by atoms with Crippen LogP contribution in [0.5, 0.6) is 0 Å². The lowest BCUT2D eigenvalue weighted by Crippen LogP contribution is -2.34. The third-order valence-electron chi connectivity index (χ3n) is 4.20. The Morgan fingerprint density at radius 1 is 1.09 bits per heavy atom. The van der Waals surface area contributed by atoms with Gasteiger partial charge in [0.05, 0.1) is 6.04 Å². The van der Waals surface area contributed by atoms with Gasteiger partial charge >= 0.3 is 0 Å². The van der Waals surface area contributed by atoms with Gasteiger partial charge in [-0.3, -0.25) is 4.79 Å². The Labute approximate surface area is 139 Å². The molecule has 3 heteroatoms. The molecule has 0 saturated carbocycles. The molecule has 2 rings (SSSR count). The van der Waals surface area contributed by atoms with E-state index in [0.717, 1.165) is 36.1 Å². The lowest BCUT2D eigenvalue weighted by molar-refractivity contribution is 0.0687. The van der Waals surface area contributed by atoms with Gasteiger partial charge in [0.15, 0.2) is 0 Å². The Morgan fingerprint density at radius 3 is 2.30 bits per heavy atom. The first-order chi connectivity index (χ1) is 11.2. The largest absolute Gasteiger partial charge is 0.332 e. The number of amides is 1. The fraction of sp³-hybridized carbons (Fsp3) is 0.350. The van der Waals surface area contributed by atoms with Gasteiger partial charge in [-0.2, -0.15) is 0 Å². The number of hydrogen-bond acceptors (Lipinski definition) is 2. The second-order valence-corrected chi connectivity index (χ2v) is 5.84. The maximum Gasteiger partial charge on any atom is 0.254 e. The Hall–Kier alpha value is -2.13. The molecule has 1 atom stereocenters. The molecule has 0 aliphatic rings. The van der Waals surface area contributed by atoms with E-state index in [1.807, 2.05) is 47.4 Å². The number of nitrogens with two attached hydrogens (primary N) is 1. The van der Waals surface area contributed by atoms with Crippen LogP contribution in [-0.2, 0) is 6.54 Å². The van der Waals surface area contributed by atoms with Crippen LogP contribution >= 0.6 is 0 Å². The number of carbonyl (C=O) groups excluding carboxylic acids is 1. The van der Waals surface area contributed by atoms with Crippen molar-refractivity contribution in [1.82, 2.24) is 4.90 Å². The van der Waals surface area contributed by atoms with Gasteiger partial charge in [0.1, 0.15) is 0 Å². The molecule has 0 spiro atoms. The van der Waals surface area contributed by atoms with Crippen molar-refractivity contribution in [1.29, 1.82) is 0 Å². The minimum absolute atomic E-state index is 0.0597. The Balaban J connectivity index is 2.23. The average molecular weight is 310 g/mol. The molecule has 0 saturated heterocycles. The fourth-order valence-corrected chi connectivity index (χ4v) is 2.66. The second-order valence-electron chi connectivity index (χ2n) is 5.84. The summed E-state index contributed by atoms with van der Waals surface area (Å²) in [7, 11) is 0. The van der Waals surface area contributed by atoms with Crippen molar-refractivity contribution in [2.75, 3.05) is 6.54 Å². The summed E-state index contributed by atoms with van der Waals surface area (Å²) in [4.78, 5) is 14.9. The van der Waals surface area contributed by atoms with E-state index in [0.29, 0.717) is 6.54 Å². The highest BCUT2D eigenvalue weighted by molar-refractivity contribution is 5.94. The molecule has 0 aliphatic carbocycles. The van der Waals surface area contributed by atoms with Crippen LogP contribution in [-0.4, -0.2) is 17.4 Å². The van der Waals surface area contributed by atoms with Crippen molar-refractivity contribution >= 4 is 5.91 Å². The summed E-state index contributed by atoms with van der Waals surface area (Å²) in [5, 5.41) is 0. The zero-order valence-corrected chi connectivity index (χ0v) is 14.0. The summed E-state index contributed by atoms with van der Waals surface area (Å²) in [5.74, 6) is 0.0818. The molecule has 2 N–H and O–H groups in total. The van der Waals surface area contributed by atoms with E-state index >= 15 is 0 Å². The van der Waals surface area contributed by atoms with Gasteiger partial charge < -0.3 is 10.6 Å². The standard InChI is InChI=1S/C20H26N2O/c1-3-4-14-22(16(2)18-8-6-5-7-9-18)20(23)19-12-10-17(15-21)11-13-19/h5-13,16H,3-4,14-15,21H2,1-2H3. The van der Waals surface area contributed by atoms with Crippen molar-refractivity contribution in [3.05, 3.63) is 71.3 Å². The van der Waals surface area contributed by atoms with Crippen LogP contribution in [0.25, 0.3) is 0 Å². The summed E-state index contributed by atoms with van der Waals surface area (Å²) in [6, 6.07) is 17.9. The monoisotopic (exact) mass is 310 g/mol. The first kappa shape index (κ1) is 17.2. The number of benzene rings is 2. The summed E-state index contributed by atoms with van der Waals surface area (Å²) in [6.45, 7) is 5.50. The molecular formula is C20H26N2O. The molecule has 3 nitrogen and oxygen atoms in total. The molecule has 1 unspecified atom stereocenters. The quantitative estimate of drug-likeness (QED) is 0.835. The molecule has 0 bridgehead atoms. The van der Waals surface area contributed by atoms with E-state index in [-0.39, 0.29) is 11.9 Å². The number of nitrogens with zero attached hydrogens (tertiary/aromatic N) is 1. The molecule has 0 aliphatic heterocycles. The Morgan fingerprint density at radius 2 is 1.74 bits per heavy atom. The molecule has 0 fully saturated rings. The average Bonchev–Trinajstić information content (AvgIpc) is 2.62. The van der Waals surface area contributed by atoms with Gasteiger partial charge in [-0.1, -0.05) is 55.8 Å². The van der Waals surface area contributed by atoms with Gasteiger partial charge in [0.25, 0.3) is 5.91 Å². The van der Waals surface area contributed by atoms with E-state index in [1.54, 1.807) is 0 Å². The number of hydrogen-bond donors (Lipinski definition) is 1. The van der Waals surface area contributed by atoms with E-state index in [1.165, 1.54) is 0 Å². The molecule has 122 valence electrons. The highest BCUT2D eigenvalue weighted by Gasteiger charge is 2.22. The van der Waals surface area contributed by atoms with E-state index in [9.17, 15) is 4.79 Å². The van der Waals surface area contributed by atoms with Crippen LogP contribution in [0.1, 0.15) is 54.2 Å². The number of unbranched alkanes of at least 4 members (excludes halogenated alkanes) is 1. The summed E-state index contributed by atoms with van der Waals surface area (Å²) in [5.41, 5.74) is 8.56. The van der Waals surface area contributed by atoms with Gasteiger partial charge in [-0.05, 0) is 36.6 Å². The molecule has 23 heavy (non-hydrogen) atoms. The zero-order valence-electron chi connectivity index (χ0n) is 14.0. The van der Waals surface area contributed by atoms with Crippen LogP contribution < -0.4 is 5.73 Å². The third kappa shape index (κ3) is 4.42. The van der Waals surface area contributed by atoms with Crippen LogP contribution in [0.15, 0.2) is 54.6 Å². The highest BCUT2D eigenvalue weighted by atomic mass is 16.2. The lowest BCUT2D eigenvalue weighted by atomic mass is 10.0. The SMILES string of the molecule is CCCCN(C(=O)c1ccc(CN)cc1)C(C)c1ccccc1. The summed E-state index contributed by atoms with van der Waals surface area (Å²) < 4.78 is 0. The molecular weight excluding hydrogens is 284 g/mol. The van der Waals surface area contributed by atoms with Gasteiger partial charge in [0.2, 0.25) is 0 Å². The summed E-state index contributed by atoms with van der Waals surface area (Å²) in [6.07, 6.45) is 2.07. The first-order valence-electron chi connectivity index (χ1n) is 8.32. The maximum absolute atomic E-state index is 13.0. The van der Waals surface area contributed by atoms with Gasteiger partial charge in [0, 0.05) is 18.7 Å². The summed E-state index contributed by atoms with van der Waals surface area (Å²) >= 11 is 0. The normalized spacial score (nSPS) is 12.0. The Kier molecular flexibility index (Phi) is 6.36. The van der Waals surface area contributed by atoms with Gasteiger partial charge in [-0.15, -0.1) is 0 Å². The molecule has 1 amide bonds. The second kappa shape index (κ2) is 8.49. The van der Waals surface area contributed by atoms with Crippen molar-refractivity contribution in [3.63, 3.8) is 0 Å². The van der Waals surface area contributed by atoms with E-state index in [4.69, 9.17) is 5.73 Å². The highest BCUT2D eigenvalue weighted by Crippen LogP contribution is 2.23. The van der Waals surface area contributed by atoms with Crippen LogP contribution in [0.4, 0.5) is 0 Å². The molecule has 2 aromatic rings. The minimum atomic E-state index is 0.0597. The van der Waals surface area contributed by atoms with Crippen LogP contribution in [0.2, 0.25) is 0 Å². The maximum atomic E-state index is 13.0. The van der Waals surface area contributed by atoms with Crippen LogP contribution in [0.3, 0.4) is 0 Å². The lowest BCUT2D eigenvalue weighted by Gasteiger charge is -2.30. The first-order valence-corrected chi connectivity index (χ1v) is 8.32. The van der Waals surface area contributed by atoms with Crippen molar-refractivity contribution in [2.45, 2.75) is 39.3 Å². The minimum Gasteiger partial charge on any atom is -0.332 e. The van der Waals surface area contributed by atoms with E-state index < -0.39 is 0 Å². The number of carbonyl (C=O) groups is 1. The van der Waals surface area contributed by atoms with Crippen molar-refractivity contribution in [3.8, 4) is 0 Å². The van der Waals surface area contributed by atoms with Crippen molar-refractivity contribution in [2.24, 2.45) is 5.73 Å². The molecule has 0 heterocycles. The zero-order chi connectivity index (χ0) is 16.7. The van der Waals surface area contributed by atoms with E-state index in [2.05, 4.69) is 26.0 Å². The molecule has 2 aromatic carbocycles. The van der Waals surface area contributed by atoms with Crippen molar-refractivity contribution < 1.29 is 4.79 Å². The topological polar surface area (TPSA) is 46.3 Å². The van der Waals surface area contributed by atoms with Gasteiger partial charge in [-0.25, -0.2) is 0 Å². The predicted molar refractivity (Wildman–Crippen MR) is 95.1 cm³/mol. The molecule has 0 aromatic heterocycles.